The van der Waals surface area contributed by atoms with E-state index in [1.165, 1.54) is 19.1 Å². The van der Waals surface area contributed by atoms with Crippen molar-refractivity contribution in [3.05, 3.63) is 70.3 Å². The van der Waals surface area contributed by atoms with Crippen molar-refractivity contribution in [2.75, 3.05) is 0 Å². The van der Waals surface area contributed by atoms with Gasteiger partial charge in [-0.2, -0.15) is 0 Å². The minimum absolute atomic E-state index is 0.0670. The number of rotatable bonds is 2. The van der Waals surface area contributed by atoms with Crippen LogP contribution in [0.3, 0.4) is 0 Å². The van der Waals surface area contributed by atoms with Crippen molar-refractivity contribution in [3.63, 3.8) is 0 Å². The van der Waals surface area contributed by atoms with Crippen molar-refractivity contribution < 1.29 is 8.78 Å². The van der Waals surface area contributed by atoms with Gasteiger partial charge >= 0.3 is 0 Å². The van der Waals surface area contributed by atoms with Crippen LogP contribution in [0.5, 0.6) is 0 Å². The molecule has 0 atom stereocenters. The molecular weight excluding hydrogens is 242 g/mol. The summed E-state index contributed by atoms with van der Waals surface area (Å²) in [6.07, 6.45) is 0.508. The van der Waals surface area contributed by atoms with Crippen molar-refractivity contribution in [1.82, 2.24) is 0 Å². The Morgan fingerprint density at radius 1 is 0.947 bits per heavy atom. The molecule has 0 nitrogen and oxygen atoms in total. The smallest absolute Gasteiger partial charge is 0.129 e. The summed E-state index contributed by atoms with van der Waals surface area (Å²) >= 11 is 0. The highest BCUT2D eigenvalue weighted by molar-refractivity contribution is 5.37. The molecule has 0 saturated carbocycles. The summed E-state index contributed by atoms with van der Waals surface area (Å²) in [5, 5.41) is 0. The summed E-state index contributed by atoms with van der Waals surface area (Å²) in [4.78, 5) is 0. The van der Waals surface area contributed by atoms with Crippen LogP contribution in [-0.2, 0) is 6.42 Å². The zero-order valence-electron chi connectivity index (χ0n) is 10.9. The third-order valence-electron chi connectivity index (χ3n) is 2.97. The van der Waals surface area contributed by atoms with Crippen LogP contribution in [0.4, 0.5) is 8.78 Å². The molecule has 0 heterocycles. The first-order valence-corrected chi connectivity index (χ1v) is 6.06. The normalized spacial score (nSPS) is 9.89. The van der Waals surface area contributed by atoms with Gasteiger partial charge in [-0.25, -0.2) is 8.78 Å². The highest BCUT2D eigenvalue weighted by Crippen LogP contribution is 2.17. The summed E-state index contributed by atoms with van der Waals surface area (Å²) in [5.41, 5.74) is 2.64. The standard InChI is InChI=1S/C17H14F2/c1-3-4-13-5-7-14(8-6-13)9-15-10-16(18)12(2)17(19)11-15/h5-8,10-11H,9H2,1-2H3. The van der Waals surface area contributed by atoms with Crippen LogP contribution in [0, 0.1) is 30.4 Å². The molecule has 0 saturated heterocycles. The average Bonchev–Trinajstić information content (AvgIpc) is 2.38. The minimum atomic E-state index is -0.497. The molecule has 0 spiro atoms. The Morgan fingerprint density at radius 2 is 1.53 bits per heavy atom. The fourth-order valence-electron chi connectivity index (χ4n) is 1.89. The van der Waals surface area contributed by atoms with Gasteiger partial charge in [0, 0.05) is 11.1 Å². The lowest BCUT2D eigenvalue weighted by Gasteiger charge is -2.05. The summed E-state index contributed by atoms with van der Waals surface area (Å²) in [5.74, 6) is 4.79. The second kappa shape index (κ2) is 5.67. The Morgan fingerprint density at radius 3 is 2.05 bits per heavy atom. The zero-order chi connectivity index (χ0) is 13.8. The molecular formula is C17H14F2. The summed E-state index contributed by atoms with van der Waals surface area (Å²) in [7, 11) is 0. The van der Waals surface area contributed by atoms with Gasteiger partial charge in [0.15, 0.2) is 0 Å². The molecule has 0 radical (unpaired) electrons. The lowest BCUT2D eigenvalue weighted by atomic mass is 10.0. The largest absolute Gasteiger partial charge is 0.207 e. The van der Waals surface area contributed by atoms with Gasteiger partial charge in [0.1, 0.15) is 11.6 Å². The highest BCUT2D eigenvalue weighted by Gasteiger charge is 2.07. The third kappa shape index (κ3) is 3.20. The van der Waals surface area contributed by atoms with E-state index < -0.39 is 11.6 Å². The Labute approximate surface area is 112 Å². The predicted octanol–water partition coefficient (Wildman–Crippen LogP) is 4.24. The molecule has 96 valence electrons. The lowest BCUT2D eigenvalue weighted by Crippen LogP contribution is -1.95. The molecule has 0 N–H and O–H groups in total. The van der Waals surface area contributed by atoms with Crippen molar-refractivity contribution >= 4 is 0 Å². The molecule has 19 heavy (non-hydrogen) atoms. The Balaban J connectivity index is 2.23. The van der Waals surface area contributed by atoms with E-state index in [1.807, 2.05) is 24.3 Å². The van der Waals surface area contributed by atoms with E-state index in [-0.39, 0.29) is 5.56 Å². The molecule has 0 aromatic heterocycles. The molecule has 2 heteroatoms. The fourth-order valence-corrected chi connectivity index (χ4v) is 1.89. The van der Waals surface area contributed by atoms with Crippen molar-refractivity contribution in [1.29, 1.82) is 0 Å². The van der Waals surface area contributed by atoms with Gasteiger partial charge in [-0.1, -0.05) is 18.1 Å². The zero-order valence-corrected chi connectivity index (χ0v) is 10.9. The highest BCUT2D eigenvalue weighted by atomic mass is 19.1. The van der Waals surface area contributed by atoms with Crippen LogP contribution in [0.2, 0.25) is 0 Å². The summed E-state index contributed by atoms with van der Waals surface area (Å²) in [6, 6.07) is 10.4. The molecule has 0 aliphatic heterocycles. The monoisotopic (exact) mass is 256 g/mol. The van der Waals surface area contributed by atoms with E-state index in [0.717, 1.165) is 11.1 Å². The van der Waals surface area contributed by atoms with Crippen LogP contribution >= 0.6 is 0 Å². The average molecular weight is 256 g/mol. The van der Waals surface area contributed by atoms with E-state index in [0.29, 0.717) is 12.0 Å². The molecule has 2 rings (SSSR count). The second-order valence-corrected chi connectivity index (χ2v) is 4.43. The maximum Gasteiger partial charge on any atom is 0.129 e. The van der Waals surface area contributed by atoms with Gasteiger partial charge in [0.05, 0.1) is 0 Å². The molecule has 0 aliphatic carbocycles. The molecule has 0 unspecified atom stereocenters. The molecule has 0 aliphatic rings. The van der Waals surface area contributed by atoms with Gasteiger partial charge in [-0.15, -0.1) is 5.92 Å². The first-order valence-electron chi connectivity index (χ1n) is 6.06. The Hall–Kier alpha value is -2.14. The Kier molecular flexibility index (Phi) is 3.97. The molecule has 0 bridgehead atoms. The van der Waals surface area contributed by atoms with Crippen LogP contribution in [0.15, 0.2) is 36.4 Å². The number of hydrogen-bond donors (Lipinski definition) is 0. The van der Waals surface area contributed by atoms with Gasteiger partial charge in [0.25, 0.3) is 0 Å². The fraction of sp³-hybridized carbons (Fsp3) is 0.176. The maximum absolute atomic E-state index is 13.4. The topological polar surface area (TPSA) is 0 Å². The first kappa shape index (κ1) is 13.3. The summed E-state index contributed by atoms with van der Waals surface area (Å²) < 4.78 is 26.9. The van der Waals surface area contributed by atoms with E-state index >= 15 is 0 Å². The van der Waals surface area contributed by atoms with Crippen LogP contribution in [0.25, 0.3) is 0 Å². The lowest BCUT2D eigenvalue weighted by molar-refractivity contribution is 0.565. The van der Waals surface area contributed by atoms with Gasteiger partial charge in [0.2, 0.25) is 0 Å². The van der Waals surface area contributed by atoms with Crippen LogP contribution in [-0.4, -0.2) is 0 Å². The van der Waals surface area contributed by atoms with E-state index in [1.54, 1.807) is 6.92 Å². The predicted molar refractivity (Wildman–Crippen MR) is 72.9 cm³/mol. The molecule has 0 fully saturated rings. The first-order chi connectivity index (χ1) is 9.10. The number of halogens is 2. The van der Waals surface area contributed by atoms with Crippen LogP contribution in [0.1, 0.15) is 29.2 Å². The van der Waals surface area contributed by atoms with Gasteiger partial charge in [-0.05, 0) is 55.7 Å². The SMILES string of the molecule is CC#Cc1ccc(Cc2cc(F)c(C)c(F)c2)cc1. The molecule has 2 aromatic carbocycles. The van der Waals surface area contributed by atoms with E-state index in [9.17, 15) is 8.78 Å². The Bertz CT molecular complexity index is 620. The van der Waals surface area contributed by atoms with Gasteiger partial charge < -0.3 is 0 Å². The summed E-state index contributed by atoms with van der Waals surface area (Å²) in [6.45, 7) is 3.22. The molecule has 2 aromatic rings. The molecule has 0 amide bonds. The minimum Gasteiger partial charge on any atom is -0.207 e. The van der Waals surface area contributed by atoms with Crippen molar-refractivity contribution in [2.45, 2.75) is 20.3 Å². The van der Waals surface area contributed by atoms with E-state index in [2.05, 4.69) is 11.8 Å². The van der Waals surface area contributed by atoms with E-state index in [4.69, 9.17) is 0 Å². The number of hydrogen-bond acceptors (Lipinski definition) is 0. The van der Waals surface area contributed by atoms with Crippen molar-refractivity contribution in [3.8, 4) is 11.8 Å². The second-order valence-electron chi connectivity index (χ2n) is 4.43. The van der Waals surface area contributed by atoms with Gasteiger partial charge in [-0.3, -0.25) is 0 Å². The quantitative estimate of drug-likeness (QED) is 0.705. The van der Waals surface area contributed by atoms with Crippen LogP contribution < -0.4 is 0 Å². The van der Waals surface area contributed by atoms with Crippen molar-refractivity contribution in [2.24, 2.45) is 0 Å². The third-order valence-corrected chi connectivity index (χ3v) is 2.97. The number of benzene rings is 2. The maximum atomic E-state index is 13.4.